The van der Waals surface area contributed by atoms with Gasteiger partial charge < -0.3 is 15.1 Å². The molecule has 0 aliphatic heterocycles. The molecular weight excluding hydrogens is 228 g/mol. The molecule has 102 valence electrons. The largest absolute Gasteiger partial charge is 0.467 e. The Labute approximate surface area is 109 Å². The van der Waals surface area contributed by atoms with Crippen LogP contribution in [-0.4, -0.2) is 18.0 Å². The number of nitrogens with one attached hydrogen (secondary N) is 2. The third kappa shape index (κ3) is 4.92. The van der Waals surface area contributed by atoms with Gasteiger partial charge in [0, 0.05) is 6.04 Å². The molecule has 0 aromatic carbocycles. The van der Waals surface area contributed by atoms with Crippen molar-refractivity contribution in [1.82, 2.24) is 10.6 Å². The molecule has 2 unspecified atom stereocenters. The van der Waals surface area contributed by atoms with Gasteiger partial charge in [0.15, 0.2) is 0 Å². The second kappa shape index (κ2) is 7.93. The first kappa shape index (κ1) is 14.8. The fraction of sp³-hybridized carbons (Fsp3) is 0.643. The van der Waals surface area contributed by atoms with Gasteiger partial charge in [0.1, 0.15) is 5.76 Å². The molecule has 2 atom stereocenters. The first-order valence-corrected chi connectivity index (χ1v) is 6.73. The highest BCUT2D eigenvalue weighted by Crippen LogP contribution is 2.03. The highest BCUT2D eigenvalue weighted by atomic mass is 16.3. The third-order valence-corrected chi connectivity index (χ3v) is 3.03. The van der Waals surface area contributed by atoms with E-state index in [1.807, 2.05) is 19.1 Å². The van der Waals surface area contributed by atoms with Gasteiger partial charge in [-0.3, -0.25) is 4.79 Å². The van der Waals surface area contributed by atoms with Crippen molar-refractivity contribution in [1.29, 1.82) is 0 Å². The molecule has 4 nitrogen and oxygen atoms in total. The van der Waals surface area contributed by atoms with Crippen molar-refractivity contribution < 1.29 is 9.21 Å². The number of hydrogen-bond acceptors (Lipinski definition) is 3. The second-order valence-electron chi connectivity index (χ2n) is 4.58. The van der Waals surface area contributed by atoms with E-state index < -0.39 is 0 Å². The van der Waals surface area contributed by atoms with Crippen molar-refractivity contribution in [2.45, 2.75) is 58.7 Å². The van der Waals surface area contributed by atoms with Crippen LogP contribution in [0.5, 0.6) is 0 Å². The summed E-state index contributed by atoms with van der Waals surface area (Å²) in [5, 5.41) is 6.22. The van der Waals surface area contributed by atoms with Gasteiger partial charge in [-0.2, -0.15) is 0 Å². The molecule has 0 fully saturated rings. The van der Waals surface area contributed by atoms with Crippen LogP contribution in [0.25, 0.3) is 0 Å². The summed E-state index contributed by atoms with van der Waals surface area (Å²) in [7, 11) is 0. The van der Waals surface area contributed by atoms with Gasteiger partial charge in [0.2, 0.25) is 5.91 Å². The smallest absolute Gasteiger partial charge is 0.237 e. The van der Waals surface area contributed by atoms with E-state index in [0.29, 0.717) is 12.6 Å². The summed E-state index contributed by atoms with van der Waals surface area (Å²) in [6.45, 7) is 6.64. The maximum atomic E-state index is 11.9. The Balaban J connectivity index is 2.31. The highest BCUT2D eigenvalue weighted by molar-refractivity contribution is 5.81. The number of carbonyl (C=O) groups is 1. The van der Waals surface area contributed by atoms with Crippen molar-refractivity contribution in [2.24, 2.45) is 0 Å². The number of carbonyl (C=O) groups excluding carboxylic acids is 1. The average molecular weight is 252 g/mol. The fourth-order valence-electron chi connectivity index (χ4n) is 1.92. The fourth-order valence-corrected chi connectivity index (χ4v) is 1.92. The van der Waals surface area contributed by atoms with E-state index in [4.69, 9.17) is 4.42 Å². The zero-order valence-corrected chi connectivity index (χ0v) is 11.5. The number of hydrogen-bond donors (Lipinski definition) is 2. The van der Waals surface area contributed by atoms with E-state index in [0.717, 1.165) is 25.0 Å². The van der Waals surface area contributed by atoms with Gasteiger partial charge in [-0.1, -0.05) is 20.3 Å². The van der Waals surface area contributed by atoms with Crippen molar-refractivity contribution in [3.05, 3.63) is 24.2 Å². The van der Waals surface area contributed by atoms with E-state index in [-0.39, 0.29) is 11.9 Å². The van der Waals surface area contributed by atoms with Gasteiger partial charge in [-0.05, 0) is 31.9 Å². The number of amides is 1. The molecule has 4 heteroatoms. The predicted molar refractivity (Wildman–Crippen MR) is 72.1 cm³/mol. The molecule has 1 aromatic heterocycles. The van der Waals surface area contributed by atoms with Crippen LogP contribution in [0.2, 0.25) is 0 Å². The first-order chi connectivity index (χ1) is 8.67. The van der Waals surface area contributed by atoms with E-state index in [1.165, 1.54) is 0 Å². The number of rotatable bonds is 8. The van der Waals surface area contributed by atoms with Crippen LogP contribution in [0.1, 0.15) is 45.8 Å². The summed E-state index contributed by atoms with van der Waals surface area (Å²) < 4.78 is 5.17. The Morgan fingerprint density at radius 2 is 2.22 bits per heavy atom. The van der Waals surface area contributed by atoms with Crippen LogP contribution >= 0.6 is 0 Å². The molecule has 1 aromatic rings. The van der Waals surface area contributed by atoms with Gasteiger partial charge in [0.25, 0.3) is 0 Å². The Bertz CT molecular complexity index is 336. The summed E-state index contributed by atoms with van der Waals surface area (Å²) >= 11 is 0. The summed E-state index contributed by atoms with van der Waals surface area (Å²) in [6, 6.07) is 3.91. The predicted octanol–water partition coefficient (Wildman–Crippen LogP) is 2.45. The van der Waals surface area contributed by atoms with Gasteiger partial charge in [0.05, 0.1) is 18.8 Å². The van der Waals surface area contributed by atoms with E-state index in [1.54, 1.807) is 6.26 Å². The van der Waals surface area contributed by atoms with Crippen LogP contribution in [-0.2, 0) is 11.3 Å². The highest BCUT2D eigenvalue weighted by Gasteiger charge is 2.16. The lowest BCUT2D eigenvalue weighted by molar-refractivity contribution is -0.123. The standard InChI is InChI=1S/C14H24N2O2/c1-4-7-12(5-2)16-11(3)14(17)15-10-13-8-6-9-18-13/h6,8-9,11-12,16H,4-5,7,10H2,1-3H3,(H,15,17). The van der Waals surface area contributed by atoms with Gasteiger partial charge >= 0.3 is 0 Å². The van der Waals surface area contributed by atoms with Crippen LogP contribution in [0.3, 0.4) is 0 Å². The molecule has 0 spiro atoms. The minimum Gasteiger partial charge on any atom is -0.467 e. The SMILES string of the molecule is CCCC(CC)NC(C)C(=O)NCc1ccco1. The average Bonchev–Trinajstić information content (AvgIpc) is 2.88. The second-order valence-corrected chi connectivity index (χ2v) is 4.58. The lowest BCUT2D eigenvalue weighted by Crippen LogP contribution is -2.46. The lowest BCUT2D eigenvalue weighted by atomic mass is 10.1. The molecule has 0 bridgehead atoms. The van der Waals surface area contributed by atoms with E-state index >= 15 is 0 Å². The molecule has 0 radical (unpaired) electrons. The summed E-state index contributed by atoms with van der Waals surface area (Å²) in [4.78, 5) is 11.9. The Morgan fingerprint density at radius 3 is 2.78 bits per heavy atom. The molecule has 1 rings (SSSR count). The lowest BCUT2D eigenvalue weighted by Gasteiger charge is -2.21. The van der Waals surface area contributed by atoms with Crippen molar-refractivity contribution in [3.8, 4) is 0 Å². The van der Waals surface area contributed by atoms with Crippen molar-refractivity contribution in [2.75, 3.05) is 0 Å². The summed E-state index contributed by atoms with van der Waals surface area (Å²) in [5.74, 6) is 0.789. The molecule has 1 heterocycles. The number of furan rings is 1. The third-order valence-electron chi connectivity index (χ3n) is 3.03. The molecule has 18 heavy (non-hydrogen) atoms. The molecular formula is C14H24N2O2. The Kier molecular flexibility index (Phi) is 6.50. The first-order valence-electron chi connectivity index (χ1n) is 6.73. The zero-order chi connectivity index (χ0) is 13.4. The molecule has 0 aliphatic rings. The molecule has 0 saturated heterocycles. The van der Waals surface area contributed by atoms with Crippen molar-refractivity contribution >= 4 is 5.91 Å². The van der Waals surface area contributed by atoms with E-state index in [2.05, 4.69) is 24.5 Å². The summed E-state index contributed by atoms with van der Waals surface area (Å²) in [6.07, 6.45) is 4.89. The van der Waals surface area contributed by atoms with Crippen LogP contribution in [0.4, 0.5) is 0 Å². The molecule has 0 saturated carbocycles. The van der Waals surface area contributed by atoms with Crippen LogP contribution < -0.4 is 10.6 Å². The zero-order valence-electron chi connectivity index (χ0n) is 11.5. The maximum Gasteiger partial charge on any atom is 0.237 e. The normalized spacial score (nSPS) is 14.2. The van der Waals surface area contributed by atoms with Crippen LogP contribution in [0.15, 0.2) is 22.8 Å². The Hall–Kier alpha value is -1.29. The molecule has 0 aliphatic carbocycles. The van der Waals surface area contributed by atoms with Crippen molar-refractivity contribution in [3.63, 3.8) is 0 Å². The monoisotopic (exact) mass is 252 g/mol. The van der Waals surface area contributed by atoms with Gasteiger partial charge in [-0.15, -0.1) is 0 Å². The van der Waals surface area contributed by atoms with Gasteiger partial charge in [-0.25, -0.2) is 0 Å². The maximum absolute atomic E-state index is 11.9. The summed E-state index contributed by atoms with van der Waals surface area (Å²) in [5.41, 5.74) is 0. The topological polar surface area (TPSA) is 54.3 Å². The van der Waals surface area contributed by atoms with E-state index in [9.17, 15) is 4.79 Å². The Morgan fingerprint density at radius 1 is 1.44 bits per heavy atom. The minimum absolute atomic E-state index is 0.0148. The molecule has 2 N–H and O–H groups in total. The van der Waals surface area contributed by atoms with Crippen LogP contribution in [0, 0.1) is 0 Å². The minimum atomic E-state index is -0.170. The molecule has 1 amide bonds. The quantitative estimate of drug-likeness (QED) is 0.747.